The fraction of sp³-hybridized carbons (Fsp3) is 0.500. The normalized spacial score (nSPS) is 20.5. The molecule has 0 radical (unpaired) electrons. The van der Waals surface area contributed by atoms with E-state index in [1.54, 1.807) is 18.2 Å². The lowest BCUT2D eigenvalue weighted by Crippen LogP contribution is -2.27. The second kappa shape index (κ2) is 7.71. The third kappa shape index (κ3) is 5.08. The van der Waals surface area contributed by atoms with Gasteiger partial charge in [-0.3, -0.25) is 13.9 Å². The summed E-state index contributed by atoms with van der Waals surface area (Å²) in [5, 5.41) is 12.5. The van der Waals surface area contributed by atoms with Crippen molar-refractivity contribution < 1.29 is 36.8 Å². The van der Waals surface area contributed by atoms with Gasteiger partial charge in [0.05, 0.1) is 31.2 Å². The Hall–Kier alpha value is -2.37. The van der Waals surface area contributed by atoms with E-state index in [9.17, 15) is 23.1 Å². The van der Waals surface area contributed by atoms with E-state index < -0.39 is 28.4 Å². The number of aliphatic hydroxyl groups is 1. The summed E-state index contributed by atoms with van der Waals surface area (Å²) in [6, 6.07) is 4.98. The average Bonchev–Trinajstić information content (AvgIpc) is 2.97. The quantitative estimate of drug-likeness (QED) is 0.631. The van der Waals surface area contributed by atoms with Crippen molar-refractivity contribution in [2.24, 2.45) is 0 Å². The van der Waals surface area contributed by atoms with Crippen molar-refractivity contribution in [2.45, 2.75) is 25.0 Å². The van der Waals surface area contributed by atoms with Crippen molar-refractivity contribution in [2.75, 3.05) is 36.2 Å². The molecule has 2 N–H and O–H groups in total. The van der Waals surface area contributed by atoms with E-state index in [-0.39, 0.29) is 32.1 Å². The highest BCUT2D eigenvalue weighted by Gasteiger charge is 2.33. The van der Waals surface area contributed by atoms with E-state index >= 15 is 0 Å². The zero-order chi connectivity index (χ0) is 19.6. The molecule has 10 nitrogen and oxygen atoms in total. The Bertz CT molecular complexity index is 841. The lowest BCUT2D eigenvalue weighted by atomic mass is 10.1. The predicted octanol–water partition coefficient (Wildman–Crippen LogP) is 0.460. The molecule has 2 aliphatic rings. The predicted molar refractivity (Wildman–Crippen MR) is 94.2 cm³/mol. The van der Waals surface area contributed by atoms with Gasteiger partial charge in [0.2, 0.25) is 0 Å². The third-order valence-electron chi connectivity index (χ3n) is 4.08. The number of carbonyl (C=O) groups is 2. The van der Waals surface area contributed by atoms with Gasteiger partial charge in [0.15, 0.2) is 6.61 Å². The maximum absolute atomic E-state index is 12.1. The molecule has 1 aromatic carbocycles. The molecule has 0 spiro atoms. The largest absolute Gasteiger partial charge is 0.482 e. The molecule has 2 atom stereocenters. The van der Waals surface area contributed by atoms with Crippen molar-refractivity contribution >= 4 is 33.5 Å². The van der Waals surface area contributed by atoms with Crippen LogP contribution in [0.4, 0.5) is 16.2 Å². The van der Waals surface area contributed by atoms with Gasteiger partial charge in [-0.2, -0.15) is 8.42 Å². The minimum atomic E-state index is -3.62. The van der Waals surface area contributed by atoms with Crippen molar-refractivity contribution in [1.82, 2.24) is 0 Å². The molecule has 2 amide bonds. The highest BCUT2D eigenvalue weighted by Crippen LogP contribution is 2.33. The summed E-state index contributed by atoms with van der Waals surface area (Å²) in [6.07, 6.45) is -0.500. The highest BCUT2D eigenvalue weighted by atomic mass is 32.2. The van der Waals surface area contributed by atoms with Gasteiger partial charge in [0.1, 0.15) is 11.9 Å². The Morgan fingerprint density at radius 1 is 1.41 bits per heavy atom. The van der Waals surface area contributed by atoms with Crippen molar-refractivity contribution in [3.63, 3.8) is 0 Å². The molecule has 0 aromatic heterocycles. The summed E-state index contributed by atoms with van der Waals surface area (Å²) in [5.74, 6) is 0.253. The molecule has 3 rings (SSSR count). The third-order valence-corrected chi connectivity index (χ3v) is 4.64. The maximum atomic E-state index is 12.1. The summed E-state index contributed by atoms with van der Waals surface area (Å²) in [7, 11) is -3.62. The second-order valence-electron chi connectivity index (χ2n) is 6.35. The number of amides is 2. The van der Waals surface area contributed by atoms with Gasteiger partial charge in [-0.25, -0.2) is 4.79 Å². The average molecular weight is 400 g/mol. The van der Waals surface area contributed by atoms with E-state index in [0.717, 1.165) is 6.26 Å². The number of anilines is 2. The molecular formula is C16H20N2O8S. The van der Waals surface area contributed by atoms with E-state index in [1.807, 2.05) is 0 Å². The summed E-state index contributed by atoms with van der Waals surface area (Å²) < 4.78 is 36.9. The number of rotatable bonds is 7. The van der Waals surface area contributed by atoms with Crippen LogP contribution in [0.3, 0.4) is 0 Å². The van der Waals surface area contributed by atoms with Crippen molar-refractivity contribution in [1.29, 1.82) is 0 Å². The molecule has 1 fully saturated rings. The summed E-state index contributed by atoms with van der Waals surface area (Å²) in [4.78, 5) is 25.0. The zero-order valence-corrected chi connectivity index (χ0v) is 15.4. The van der Waals surface area contributed by atoms with Crippen molar-refractivity contribution in [3.05, 3.63) is 18.2 Å². The fourth-order valence-corrected chi connectivity index (χ4v) is 3.19. The van der Waals surface area contributed by atoms with E-state index in [4.69, 9.17) is 9.47 Å². The molecule has 27 heavy (non-hydrogen) atoms. The number of ether oxygens (including phenoxy) is 2. The molecular weight excluding hydrogens is 380 g/mol. The van der Waals surface area contributed by atoms with Crippen LogP contribution in [0, 0.1) is 0 Å². The van der Waals surface area contributed by atoms with Crippen molar-refractivity contribution in [3.8, 4) is 5.75 Å². The second-order valence-corrected chi connectivity index (χ2v) is 8.00. The Morgan fingerprint density at radius 2 is 2.19 bits per heavy atom. The first-order valence-corrected chi connectivity index (χ1v) is 10.1. The molecule has 11 heteroatoms. The number of hydrogen-bond donors (Lipinski definition) is 2. The molecule has 1 aromatic rings. The Balaban J connectivity index is 1.56. The molecule has 0 saturated carbocycles. The molecule has 1 saturated heterocycles. The molecule has 2 heterocycles. The first-order chi connectivity index (χ1) is 12.7. The van der Waals surface area contributed by atoms with Crippen LogP contribution in [-0.4, -0.2) is 63.7 Å². The highest BCUT2D eigenvalue weighted by molar-refractivity contribution is 7.85. The van der Waals surface area contributed by atoms with E-state index in [0.29, 0.717) is 23.5 Å². The number of hydrogen-bond acceptors (Lipinski definition) is 8. The van der Waals surface area contributed by atoms with Gasteiger partial charge in [0.25, 0.3) is 16.0 Å². The first kappa shape index (κ1) is 19.4. The van der Waals surface area contributed by atoms with Gasteiger partial charge in [-0.15, -0.1) is 0 Å². The molecule has 2 aliphatic heterocycles. The lowest BCUT2D eigenvalue weighted by Gasteiger charge is -2.20. The first-order valence-electron chi connectivity index (χ1n) is 8.28. The van der Waals surface area contributed by atoms with E-state index in [2.05, 4.69) is 9.50 Å². The minimum absolute atomic E-state index is 0.0501. The summed E-state index contributed by atoms with van der Waals surface area (Å²) in [6.45, 7) is -0.120. The zero-order valence-electron chi connectivity index (χ0n) is 14.6. The number of fused-ring (bicyclic) bond motifs is 1. The van der Waals surface area contributed by atoms with Crippen LogP contribution in [0.25, 0.3) is 0 Å². The molecule has 2 unspecified atom stereocenters. The standard InChI is InChI=1S/C16H20N2O8S/c1-27(22,23)25-8-11(19)3-4-12-7-18(16(21)26-12)10-2-5-14-13(6-10)17-15(20)9-24-14/h2,5-6,11-12,19H,3-4,7-9H2,1H3,(H,17,20). The smallest absolute Gasteiger partial charge is 0.414 e. The monoisotopic (exact) mass is 400 g/mol. The van der Waals surface area contributed by atoms with Gasteiger partial charge in [0, 0.05) is 5.69 Å². The van der Waals surface area contributed by atoms with Crippen LogP contribution in [0.1, 0.15) is 12.8 Å². The van der Waals surface area contributed by atoms with E-state index in [1.165, 1.54) is 4.90 Å². The maximum Gasteiger partial charge on any atom is 0.414 e. The summed E-state index contributed by atoms with van der Waals surface area (Å²) in [5.41, 5.74) is 1.03. The van der Waals surface area contributed by atoms with Crippen LogP contribution < -0.4 is 15.0 Å². The van der Waals surface area contributed by atoms with Crippen LogP contribution in [0.5, 0.6) is 5.75 Å². The molecule has 0 bridgehead atoms. The number of benzene rings is 1. The van der Waals surface area contributed by atoms with Gasteiger partial charge in [-0.1, -0.05) is 0 Å². The number of nitrogens with one attached hydrogen (secondary N) is 1. The van der Waals surface area contributed by atoms with Crippen LogP contribution >= 0.6 is 0 Å². The Morgan fingerprint density at radius 3 is 2.93 bits per heavy atom. The number of carbonyl (C=O) groups excluding carboxylic acids is 2. The summed E-state index contributed by atoms with van der Waals surface area (Å²) >= 11 is 0. The Kier molecular flexibility index (Phi) is 5.53. The number of nitrogens with zero attached hydrogens (tertiary/aromatic N) is 1. The minimum Gasteiger partial charge on any atom is -0.482 e. The van der Waals surface area contributed by atoms with Gasteiger partial charge < -0.3 is 19.9 Å². The number of cyclic esters (lactones) is 1. The topological polar surface area (TPSA) is 131 Å². The number of aliphatic hydroxyl groups excluding tert-OH is 1. The molecule has 0 aliphatic carbocycles. The van der Waals surface area contributed by atoms with Gasteiger partial charge in [-0.05, 0) is 31.0 Å². The van der Waals surface area contributed by atoms with Crippen LogP contribution in [0.2, 0.25) is 0 Å². The van der Waals surface area contributed by atoms with Gasteiger partial charge >= 0.3 is 6.09 Å². The van der Waals surface area contributed by atoms with Crippen LogP contribution in [0.15, 0.2) is 18.2 Å². The fourth-order valence-electron chi connectivity index (χ4n) is 2.79. The lowest BCUT2D eigenvalue weighted by molar-refractivity contribution is -0.118. The SMILES string of the molecule is CS(=O)(=O)OCC(O)CCC1CN(c2ccc3c(c2)NC(=O)CO3)C(=O)O1. The molecule has 148 valence electrons. The van der Waals surface area contributed by atoms with Crippen LogP contribution in [-0.2, 0) is 23.8 Å². The Labute approximate surface area is 156 Å².